The molecule has 1 heterocycles. The van der Waals surface area contributed by atoms with E-state index in [-0.39, 0.29) is 22.8 Å². The Kier molecular flexibility index (Phi) is 7.57. The summed E-state index contributed by atoms with van der Waals surface area (Å²) >= 11 is 0. The Labute approximate surface area is 208 Å². The van der Waals surface area contributed by atoms with Crippen LogP contribution < -0.4 is 9.62 Å². The number of nitrogens with one attached hydrogen (secondary N) is 1. The van der Waals surface area contributed by atoms with E-state index in [1.54, 1.807) is 36.4 Å². The molecular formula is C28H32N2O4S. The van der Waals surface area contributed by atoms with Crippen molar-refractivity contribution in [2.45, 2.75) is 37.0 Å². The van der Waals surface area contributed by atoms with Gasteiger partial charge in [0.15, 0.2) is 0 Å². The summed E-state index contributed by atoms with van der Waals surface area (Å²) < 4.78 is 34.1. The van der Waals surface area contributed by atoms with Crippen molar-refractivity contribution in [2.75, 3.05) is 30.6 Å². The summed E-state index contributed by atoms with van der Waals surface area (Å²) in [7, 11) is -3.94. The first-order valence-corrected chi connectivity index (χ1v) is 13.3. The summed E-state index contributed by atoms with van der Waals surface area (Å²) in [6, 6.07) is 23.9. The van der Waals surface area contributed by atoms with E-state index in [0.717, 1.165) is 29.5 Å². The standard InChI is InChI=1S/C28H32N2O4S/c1-22-13-14-26(23(2)19-22)30(35(32,33)25-11-7-4-8-12-25)20-27(31)29-21-28(15-17-34-18-16-28)24-9-5-3-6-10-24/h3-14,19H,15-18,20-21H2,1-2H3,(H,29,31). The van der Waals surface area contributed by atoms with Gasteiger partial charge in [-0.25, -0.2) is 8.42 Å². The third-order valence-electron chi connectivity index (χ3n) is 6.70. The Balaban J connectivity index is 1.60. The van der Waals surface area contributed by atoms with Gasteiger partial charge in [-0.05, 0) is 56.0 Å². The number of nitrogens with zero attached hydrogens (tertiary/aromatic N) is 1. The molecule has 1 aliphatic heterocycles. The number of hydrogen-bond acceptors (Lipinski definition) is 4. The molecule has 4 rings (SSSR count). The van der Waals surface area contributed by atoms with E-state index in [0.29, 0.717) is 25.4 Å². The van der Waals surface area contributed by atoms with Gasteiger partial charge in [0.2, 0.25) is 5.91 Å². The monoisotopic (exact) mass is 492 g/mol. The molecule has 1 aliphatic rings. The number of aryl methyl sites for hydroxylation is 2. The summed E-state index contributed by atoms with van der Waals surface area (Å²) in [5.74, 6) is -0.341. The molecule has 6 nitrogen and oxygen atoms in total. The van der Waals surface area contributed by atoms with Crippen LogP contribution in [0.2, 0.25) is 0 Å². The second-order valence-corrected chi connectivity index (χ2v) is 11.0. The molecule has 7 heteroatoms. The van der Waals surface area contributed by atoms with Gasteiger partial charge in [-0.3, -0.25) is 9.10 Å². The zero-order valence-corrected chi connectivity index (χ0v) is 21.1. The lowest BCUT2D eigenvalue weighted by molar-refractivity contribution is -0.120. The zero-order valence-electron chi connectivity index (χ0n) is 20.2. The van der Waals surface area contributed by atoms with Crippen molar-refractivity contribution >= 4 is 21.6 Å². The van der Waals surface area contributed by atoms with Gasteiger partial charge in [0.25, 0.3) is 10.0 Å². The quantitative estimate of drug-likeness (QED) is 0.507. The molecule has 0 spiro atoms. The van der Waals surface area contributed by atoms with Gasteiger partial charge in [-0.15, -0.1) is 0 Å². The first-order chi connectivity index (χ1) is 16.8. The molecule has 35 heavy (non-hydrogen) atoms. The Morgan fingerprint density at radius 2 is 1.57 bits per heavy atom. The summed E-state index contributed by atoms with van der Waals surface area (Å²) in [5, 5.41) is 3.05. The van der Waals surface area contributed by atoms with Crippen LogP contribution in [0, 0.1) is 13.8 Å². The molecular weight excluding hydrogens is 460 g/mol. The fourth-order valence-electron chi connectivity index (χ4n) is 4.68. The summed E-state index contributed by atoms with van der Waals surface area (Å²) in [4.78, 5) is 13.4. The van der Waals surface area contributed by atoms with Gasteiger partial charge >= 0.3 is 0 Å². The van der Waals surface area contributed by atoms with Crippen LogP contribution in [0.15, 0.2) is 83.8 Å². The molecule has 0 unspecified atom stereocenters. The smallest absolute Gasteiger partial charge is 0.264 e. The van der Waals surface area contributed by atoms with Crippen molar-refractivity contribution in [3.05, 3.63) is 95.6 Å². The maximum Gasteiger partial charge on any atom is 0.264 e. The van der Waals surface area contributed by atoms with E-state index >= 15 is 0 Å². The van der Waals surface area contributed by atoms with E-state index in [9.17, 15) is 13.2 Å². The minimum Gasteiger partial charge on any atom is -0.381 e. The SMILES string of the molecule is Cc1ccc(N(CC(=O)NCC2(c3ccccc3)CCOCC2)S(=O)(=O)c2ccccc2)c(C)c1. The second-order valence-electron chi connectivity index (χ2n) is 9.15. The van der Waals surface area contributed by atoms with Crippen LogP contribution in [-0.2, 0) is 25.0 Å². The number of rotatable bonds is 8. The number of carbonyl (C=O) groups is 1. The van der Waals surface area contributed by atoms with Crippen LogP contribution in [0.1, 0.15) is 29.5 Å². The number of benzene rings is 3. The molecule has 0 aliphatic carbocycles. The van der Waals surface area contributed by atoms with Crippen molar-refractivity contribution in [3.63, 3.8) is 0 Å². The Bertz CT molecular complexity index is 1250. The topological polar surface area (TPSA) is 75.7 Å². The average molecular weight is 493 g/mol. The molecule has 3 aromatic carbocycles. The fourth-order valence-corrected chi connectivity index (χ4v) is 6.19. The number of hydrogen-bond donors (Lipinski definition) is 1. The maximum atomic E-state index is 13.6. The molecule has 0 radical (unpaired) electrons. The van der Waals surface area contributed by atoms with Crippen molar-refractivity contribution in [3.8, 4) is 0 Å². The highest BCUT2D eigenvalue weighted by atomic mass is 32.2. The fraction of sp³-hybridized carbons (Fsp3) is 0.321. The minimum absolute atomic E-state index is 0.151. The predicted octanol–water partition coefficient (Wildman–Crippen LogP) is 4.36. The molecule has 184 valence electrons. The molecule has 0 atom stereocenters. The number of carbonyl (C=O) groups excluding carboxylic acids is 1. The van der Waals surface area contributed by atoms with E-state index in [1.807, 2.05) is 44.2 Å². The number of amides is 1. The lowest BCUT2D eigenvalue weighted by atomic mass is 9.74. The van der Waals surface area contributed by atoms with Crippen LogP contribution in [0.25, 0.3) is 0 Å². The summed E-state index contributed by atoms with van der Waals surface area (Å²) in [5.41, 5.74) is 3.24. The van der Waals surface area contributed by atoms with Gasteiger partial charge < -0.3 is 10.1 Å². The maximum absolute atomic E-state index is 13.6. The van der Waals surface area contributed by atoms with Crippen molar-refractivity contribution in [1.29, 1.82) is 0 Å². The van der Waals surface area contributed by atoms with Gasteiger partial charge in [0.05, 0.1) is 10.6 Å². The largest absolute Gasteiger partial charge is 0.381 e. The first kappa shape index (κ1) is 24.9. The van der Waals surface area contributed by atoms with Crippen LogP contribution in [0.5, 0.6) is 0 Å². The second kappa shape index (κ2) is 10.6. The number of ether oxygens (including phenoxy) is 1. The van der Waals surface area contributed by atoms with Crippen LogP contribution in [0.4, 0.5) is 5.69 Å². The van der Waals surface area contributed by atoms with Gasteiger partial charge in [0.1, 0.15) is 6.54 Å². The van der Waals surface area contributed by atoms with E-state index in [1.165, 1.54) is 4.31 Å². The third-order valence-corrected chi connectivity index (χ3v) is 8.47. The predicted molar refractivity (Wildman–Crippen MR) is 138 cm³/mol. The molecule has 0 aromatic heterocycles. The highest BCUT2D eigenvalue weighted by Gasteiger charge is 2.35. The molecule has 0 saturated carbocycles. The number of sulfonamides is 1. The third kappa shape index (κ3) is 5.57. The van der Waals surface area contributed by atoms with E-state index in [4.69, 9.17) is 4.74 Å². The molecule has 3 aromatic rings. The lowest BCUT2D eigenvalue weighted by Crippen LogP contribution is -2.48. The van der Waals surface area contributed by atoms with Gasteiger partial charge in [-0.2, -0.15) is 0 Å². The number of anilines is 1. The van der Waals surface area contributed by atoms with Crippen molar-refractivity contribution < 1.29 is 17.9 Å². The van der Waals surface area contributed by atoms with E-state index < -0.39 is 10.0 Å². The molecule has 1 saturated heterocycles. The highest BCUT2D eigenvalue weighted by molar-refractivity contribution is 7.92. The van der Waals surface area contributed by atoms with Crippen molar-refractivity contribution in [1.82, 2.24) is 5.32 Å². The van der Waals surface area contributed by atoms with Crippen LogP contribution in [-0.4, -0.2) is 40.6 Å². The van der Waals surface area contributed by atoms with Gasteiger partial charge in [-0.1, -0.05) is 66.2 Å². The van der Waals surface area contributed by atoms with Crippen molar-refractivity contribution in [2.24, 2.45) is 0 Å². The highest BCUT2D eigenvalue weighted by Crippen LogP contribution is 2.34. The zero-order chi connectivity index (χ0) is 24.9. The Hall–Kier alpha value is -3.16. The summed E-state index contributed by atoms with van der Waals surface area (Å²) in [6.07, 6.45) is 1.58. The van der Waals surface area contributed by atoms with Gasteiger partial charge in [0, 0.05) is 25.2 Å². The van der Waals surface area contributed by atoms with Crippen LogP contribution >= 0.6 is 0 Å². The van der Waals surface area contributed by atoms with Crippen LogP contribution in [0.3, 0.4) is 0 Å². The minimum atomic E-state index is -3.94. The Morgan fingerprint density at radius 3 is 2.20 bits per heavy atom. The molecule has 1 N–H and O–H groups in total. The molecule has 1 fully saturated rings. The molecule has 0 bridgehead atoms. The first-order valence-electron chi connectivity index (χ1n) is 11.9. The normalized spacial score (nSPS) is 15.4. The lowest BCUT2D eigenvalue weighted by Gasteiger charge is -2.38. The van der Waals surface area contributed by atoms with E-state index in [2.05, 4.69) is 17.4 Å². The molecule has 1 amide bonds. The Morgan fingerprint density at radius 1 is 0.943 bits per heavy atom. The summed E-state index contributed by atoms with van der Waals surface area (Å²) in [6.45, 7) is 5.19. The average Bonchev–Trinajstić information content (AvgIpc) is 2.88.